The largest absolute Gasteiger partial charge is 1.00 e. The number of benzene rings is 1. The average molecular weight is 289 g/mol. The second kappa shape index (κ2) is 9.55. The van der Waals surface area contributed by atoms with Crippen LogP contribution in [0.2, 0.25) is 0 Å². The van der Waals surface area contributed by atoms with Crippen molar-refractivity contribution in [3.8, 4) is 5.75 Å². The third-order valence-electron chi connectivity index (χ3n) is 2.31. The summed E-state index contributed by atoms with van der Waals surface area (Å²) in [6.45, 7) is 3.08. The SMILES string of the molecule is CN(C)CCNCCOc1cccc([N+](=O)[O-])c1.[Cl-]. The van der Waals surface area contributed by atoms with Gasteiger partial charge in [0.05, 0.1) is 11.0 Å². The minimum atomic E-state index is -0.428. The van der Waals surface area contributed by atoms with E-state index in [0.717, 1.165) is 19.6 Å². The zero-order valence-electron chi connectivity index (χ0n) is 11.1. The molecule has 1 rings (SSSR count). The van der Waals surface area contributed by atoms with Crippen molar-refractivity contribution in [3.05, 3.63) is 34.4 Å². The molecule has 1 aromatic carbocycles. The Morgan fingerprint density at radius 2 is 2.11 bits per heavy atom. The zero-order chi connectivity index (χ0) is 13.4. The molecule has 0 saturated carbocycles. The van der Waals surface area contributed by atoms with Gasteiger partial charge in [0.25, 0.3) is 5.69 Å². The Kier molecular flexibility index (Phi) is 8.86. The Morgan fingerprint density at radius 1 is 1.37 bits per heavy atom. The average Bonchev–Trinajstić information content (AvgIpc) is 2.33. The van der Waals surface area contributed by atoms with Crippen LogP contribution in [0.25, 0.3) is 0 Å². The number of hydrogen-bond acceptors (Lipinski definition) is 5. The lowest BCUT2D eigenvalue weighted by atomic mass is 10.3. The van der Waals surface area contributed by atoms with E-state index in [1.165, 1.54) is 12.1 Å². The molecular weight excluding hydrogens is 270 g/mol. The first-order chi connectivity index (χ1) is 8.59. The molecule has 0 radical (unpaired) electrons. The van der Waals surface area contributed by atoms with E-state index in [2.05, 4.69) is 10.2 Å². The molecule has 108 valence electrons. The van der Waals surface area contributed by atoms with Crippen LogP contribution in [-0.4, -0.2) is 50.2 Å². The lowest BCUT2D eigenvalue weighted by molar-refractivity contribution is -0.384. The molecule has 0 aliphatic carbocycles. The van der Waals surface area contributed by atoms with Gasteiger partial charge in [-0.2, -0.15) is 0 Å². The molecule has 0 heterocycles. The van der Waals surface area contributed by atoms with Crippen LogP contribution >= 0.6 is 0 Å². The highest BCUT2D eigenvalue weighted by molar-refractivity contribution is 5.37. The van der Waals surface area contributed by atoms with Crippen LogP contribution in [0.3, 0.4) is 0 Å². The summed E-state index contributed by atoms with van der Waals surface area (Å²) in [4.78, 5) is 12.2. The molecule has 1 aromatic rings. The minimum Gasteiger partial charge on any atom is -1.00 e. The van der Waals surface area contributed by atoms with Crippen LogP contribution in [-0.2, 0) is 0 Å². The fraction of sp³-hybridized carbons (Fsp3) is 0.500. The Bertz CT molecular complexity index is 388. The summed E-state index contributed by atoms with van der Waals surface area (Å²) in [5.74, 6) is 0.526. The number of likely N-dealkylation sites (N-methyl/N-ethyl adjacent to an activating group) is 1. The van der Waals surface area contributed by atoms with Gasteiger partial charge in [-0.3, -0.25) is 10.1 Å². The third kappa shape index (κ3) is 7.61. The maximum atomic E-state index is 10.6. The maximum Gasteiger partial charge on any atom is 0.273 e. The summed E-state index contributed by atoms with van der Waals surface area (Å²) in [5.41, 5.74) is 0.0491. The number of ether oxygens (including phenoxy) is 1. The van der Waals surface area contributed by atoms with Crippen LogP contribution in [0.15, 0.2) is 24.3 Å². The number of nitrogens with one attached hydrogen (secondary N) is 1. The van der Waals surface area contributed by atoms with E-state index in [4.69, 9.17) is 4.74 Å². The lowest BCUT2D eigenvalue weighted by Gasteiger charge is -2.10. The number of hydrogen-bond donors (Lipinski definition) is 1. The van der Waals surface area contributed by atoms with Crippen molar-refractivity contribution in [2.75, 3.05) is 40.3 Å². The molecule has 0 aromatic heterocycles. The molecule has 1 N–H and O–H groups in total. The van der Waals surface area contributed by atoms with Gasteiger partial charge in [-0.1, -0.05) is 6.07 Å². The molecule has 0 saturated heterocycles. The van der Waals surface area contributed by atoms with Gasteiger partial charge in [0, 0.05) is 25.7 Å². The molecule has 7 heteroatoms. The Balaban J connectivity index is 0.00000324. The summed E-state index contributed by atoms with van der Waals surface area (Å²) in [5, 5.41) is 13.8. The van der Waals surface area contributed by atoms with E-state index in [0.29, 0.717) is 12.4 Å². The van der Waals surface area contributed by atoms with Crippen molar-refractivity contribution in [2.45, 2.75) is 0 Å². The van der Waals surface area contributed by atoms with E-state index in [-0.39, 0.29) is 18.1 Å². The smallest absolute Gasteiger partial charge is 0.273 e. The molecule has 0 spiro atoms. The van der Waals surface area contributed by atoms with Crippen LogP contribution < -0.4 is 22.5 Å². The summed E-state index contributed by atoms with van der Waals surface area (Å²) in [6.07, 6.45) is 0. The van der Waals surface area contributed by atoms with Gasteiger partial charge < -0.3 is 27.4 Å². The number of nitro benzene ring substituents is 1. The van der Waals surface area contributed by atoms with Gasteiger partial charge >= 0.3 is 0 Å². The highest BCUT2D eigenvalue weighted by atomic mass is 35.5. The predicted octanol–water partition coefficient (Wildman–Crippen LogP) is -1.87. The molecule has 0 amide bonds. The number of non-ortho nitro benzene ring substituents is 1. The molecule has 6 nitrogen and oxygen atoms in total. The predicted molar refractivity (Wildman–Crippen MR) is 70.0 cm³/mol. The third-order valence-corrected chi connectivity index (χ3v) is 2.31. The summed E-state index contributed by atoms with van der Waals surface area (Å²) < 4.78 is 5.42. The van der Waals surface area contributed by atoms with Crippen molar-refractivity contribution in [1.82, 2.24) is 10.2 Å². The highest BCUT2D eigenvalue weighted by Gasteiger charge is 2.05. The number of rotatable bonds is 8. The Hall–Kier alpha value is -1.37. The normalized spacial score (nSPS) is 10.1. The zero-order valence-corrected chi connectivity index (χ0v) is 11.9. The van der Waals surface area contributed by atoms with Crippen LogP contribution in [0.1, 0.15) is 0 Å². The number of nitrogens with zero attached hydrogens (tertiary/aromatic N) is 2. The Morgan fingerprint density at radius 3 is 2.74 bits per heavy atom. The first-order valence-corrected chi connectivity index (χ1v) is 5.82. The van der Waals surface area contributed by atoms with E-state index >= 15 is 0 Å². The molecular formula is C12H19ClN3O3-. The van der Waals surface area contributed by atoms with Crippen molar-refractivity contribution in [1.29, 1.82) is 0 Å². The Labute approximate surface area is 119 Å². The second-order valence-electron chi connectivity index (χ2n) is 4.16. The molecule has 0 atom stereocenters. The van der Waals surface area contributed by atoms with Gasteiger partial charge in [-0.15, -0.1) is 0 Å². The monoisotopic (exact) mass is 288 g/mol. The number of nitro groups is 1. The van der Waals surface area contributed by atoms with Crippen molar-refractivity contribution in [3.63, 3.8) is 0 Å². The van der Waals surface area contributed by atoms with Crippen molar-refractivity contribution in [2.24, 2.45) is 0 Å². The van der Waals surface area contributed by atoms with Gasteiger partial charge in [0.2, 0.25) is 0 Å². The fourth-order valence-electron chi connectivity index (χ4n) is 1.36. The molecule has 0 aliphatic heterocycles. The summed E-state index contributed by atoms with van der Waals surface area (Å²) in [6, 6.07) is 6.21. The van der Waals surface area contributed by atoms with Gasteiger partial charge in [0.15, 0.2) is 0 Å². The summed E-state index contributed by atoms with van der Waals surface area (Å²) >= 11 is 0. The van der Waals surface area contributed by atoms with Crippen molar-refractivity contribution < 1.29 is 22.1 Å². The molecule has 19 heavy (non-hydrogen) atoms. The standard InChI is InChI=1S/C12H19N3O3.ClH/c1-14(2)8-6-13-7-9-18-12-5-3-4-11(10-12)15(16)17;/h3-5,10,13H,6-9H2,1-2H3;1H/p-1. The number of halogens is 1. The molecule has 0 bridgehead atoms. The van der Waals surface area contributed by atoms with E-state index < -0.39 is 4.92 Å². The van der Waals surface area contributed by atoms with E-state index in [1.807, 2.05) is 14.1 Å². The molecule has 0 unspecified atom stereocenters. The quantitative estimate of drug-likeness (QED) is 0.345. The van der Waals surface area contributed by atoms with Crippen LogP contribution in [0.4, 0.5) is 5.69 Å². The van der Waals surface area contributed by atoms with E-state index in [1.54, 1.807) is 12.1 Å². The minimum absolute atomic E-state index is 0. The molecule has 0 aliphatic rings. The van der Waals surface area contributed by atoms with Gasteiger partial charge in [-0.25, -0.2) is 0 Å². The van der Waals surface area contributed by atoms with Gasteiger partial charge in [0.1, 0.15) is 12.4 Å². The fourth-order valence-corrected chi connectivity index (χ4v) is 1.36. The van der Waals surface area contributed by atoms with Crippen LogP contribution in [0, 0.1) is 10.1 Å². The maximum absolute atomic E-state index is 10.6. The van der Waals surface area contributed by atoms with Crippen molar-refractivity contribution >= 4 is 5.69 Å². The first kappa shape index (κ1) is 17.6. The lowest BCUT2D eigenvalue weighted by Crippen LogP contribution is -3.00. The van der Waals surface area contributed by atoms with Gasteiger partial charge in [-0.05, 0) is 20.2 Å². The first-order valence-electron chi connectivity index (χ1n) is 5.82. The second-order valence-corrected chi connectivity index (χ2v) is 4.16. The summed E-state index contributed by atoms with van der Waals surface area (Å²) in [7, 11) is 4.03. The van der Waals surface area contributed by atoms with Crippen LogP contribution in [0.5, 0.6) is 5.75 Å². The highest BCUT2D eigenvalue weighted by Crippen LogP contribution is 2.18. The van der Waals surface area contributed by atoms with E-state index in [9.17, 15) is 10.1 Å². The molecule has 0 fully saturated rings. The topological polar surface area (TPSA) is 67.6 Å².